The van der Waals surface area contributed by atoms with Crippen LogP contribution in [-0.4, -0.2) is 23.6 Å². The monoisotopic (exact) mass is 171 g/mol. The van der Waals surface area contributed by atoms with E-state index in [2.05, 4.69) is 16.9 Å². The molecule has 0 fully saturated rings. The predicted molar refractivity (Wildman–Crippen MR) is 46.0 cm³/mol. The Kier molecular flexibility index (Phi) is 2.65. The smallest absolute Gasteiger partial charge is 0.134 e. The van der Waals surface area contributed by atoms with Crippen molar-refractivity contribution in [2.45, 2.75) is 6.92 Å². The molecule has 0 aliphatic heterocycles. The lowest BCUT2D eigenvalue weighted by Gasteiger charge is -2.14. The van der Waals surface area contributed by atoms with Crippen molar-refractivity contribution in [3.8, 4) is 0 Å². The normalized spacial score (nSPS) is 9.73. The van der Waals surface area contributed by atoms with Crippen LogP contribution >= 0.6 is 11.6 Å². The summed E-state index contributed by atoms with van der Waals surface area (Å²) in [7, 11) is 1.96. The molecule has 4 heteroatoms. The van der Waals surface area contributed by atoms with Crippen LogP contribution in [0.5, 0.6) is 0 Å². The SMILES string of the molecule is CCN(C)c1cc(Cl)ncn1. The zero-order valence-electron chi connectivity index (χ0n) is 6.58. The molecule has 1 heterocycles. The van der Waals surface area contributed by atoms with Gasteiger partial charge in [0.15, 0.2) is 0 Å². The summed E-state index contributed by atoms with van der Waals surface area (Å²) in [5, 5.41) is 0.482. The van der Waals surface area contributed by atoms with Gasteiger partial charge in [0.1, 0.15) is 17.3 Å². The number of halogens is 1. The Bertz CT molecular complexity index is 239. The van der Waals surface area contributed by atoms with Gasteiger partial charge in [0, 0.05) is 19.7 Å². The molecule has 0 amide bonds. The Balaban J connectivity index is 2.86. The molecule has 0 radical (unpaired) electrons. The Hall–Kier alpha value is -0.830. The minimum atomic E-state index is 0.482. The Labute approximate surface area is 71.0 Å². The zero-order chi connectivity index (χ0) is 8.27. The van der Waals surface area contributed by atoms with Gasteiger partial charge in [0.25, 0.3) is 0 Å². The molecule has 0 saturated heterocycles. The van der Waals surface area contributed by atoms with Crippen LogP contribution in [0.25, 0.3) is 0 Å². The number of nitrogens with zero attached hydrogens (tertiary/aromatic N) is 3. The molecule has 3 nitrogen and oxygen atoms in total. The van der Waals surface area contributed by atoms with Gasteiger partial charge in [0.05, 0.1) is 0 Å². The van der Waals surface area contributed by atoms with Gasteiger partial charge >= 0.3 is 0 Å². The van der Waals surface area contributed by atoms with Gasteiger partial charge in [0.2, 0.25) is 0 Å². The van der Waals surface area contributed by atoms with Crippen LogP contribution in [0, 0.1) is 0 Å². The summed E-state index contributed by atoms with van der Waals surface area (Å²) in [4.78, 5) is 9.82. The summed E-state index contributed by atoms with van der Waals surface area (Å²) in [6, 6.07) is 1.74. The second kappa shape index (κ2) is 3.53. The number of rotatable bonds is 2. The van der Waals surface area contributed by atoms with Crippen molar-refractivity contribution in [2.75, 3.05) is 18.5 Å². The highest BCUT2D eigenvalue weighted by molar-refractivity contribution is 6.29. The van der Waals surface area contributed by atoms with E-state index in [1.807, 2.05) is 11.9 Å². The van der Waals surface area contributed by atoms with Gasteiger partial charge in [-0.3, -0.25) is 0 Å². The molecule has 0 unspecified atom stereocenters. The topological polar surface area (TPSA) is 29.0 Å². The number of anilines is 1. The maximum atomic E-state index is 5.67. The molecular weight excluding hydrogens is 162 g/mol. The molecule has 0 aromatic carbocycles. The van der Waals surface area contributed by atoms with Crippen LogP contribution in [-0.2, 0) is 0 Å². The molecule has 11 heavy (non-hydrogen) atoms. The summed E-state index contributed by atoms with van der Waals surface area (Å²) in [6.45, 7) is 2.96. The maximum absolute atomic E-state index is 5.67. The highest BCUT2D eigenvalue weighted by Gasteiger charge is 1.99. The molecule has 1 rings (SSSR count). The summed E-state index contributed by atoms with van der Waals surface area (Å²) in [5.74, 6) is 0.854. The first-order valence-electron chi connectivity index (χ1n) is 3.42. The molecule has 60 valence electrons. The van der Waals surface area contributed by atoms with E-state index in [0.29, 0.717) is 5.15 Å². The lowest BCUT2D eigenvalue weighted by molar-refractivity contribution is 0.929. The molecule has 1 aromatic rings. The number of aromatic nitrogens is 2. The average molecular weight is 172 g/mol. The minimum absolute atomic E-state index is 0.482. The van der Waals surface area contributed by atoms with E-state index >= 15 is 0 Å². The van der Waals surface area contributed by atoms with Crippen molar-refractivity contribution < 1.29 is 0 Å². The van der Waals surface area contributed by atoms with Crippen molar-refractivity contribution in [3.63, 3.8) is 0 Å². The Morgan fingerprint density at radius 2 is 2.27 bits per heavy atom. The molecule has 0 aliphatic rings. The average Bonchev–Trinajstić information content (AvgIpc) is 2.03. The van der Waals surface area contributed by atoms with Gasteiger partial charge < -0.3 is 4.90 Å². The standard InChI is InChI=1S/C7H10ClN3/c1-3-11(2)7-4-6(8)9-5-10-7/h4-5H,3H2,1-2H3. The summed E-state index contributed by atoms with van der Waals surface area (Å²) < 4.78 is 0. The van der Waals surface area contributed by atoms with Gasteiger partial charge in [-0.2, -0.15) is 0 Å². The van der Waals surface area contributed by atoms with E-state index in [9.17, 15) is 0 Å². The van der Waals surface area contributed by atoms with Crippen LogP contribution in [0.15, 0.2) is 12.4 Å². The third-order valence-electron chi connectivity index (χ3n) is 1.48. The van der Waals surface area contributed by atoms with Gasteiger partial charge in [-0.05, 0) is 6.92 Å². The zero-order valence-corrected chi connectivity index (χ0v) is 7.34. The van der Waals surface area contributed by atoms with Gasteiger partial charge in [-0.15, -0.1) is 0 Å². The van der Waals surface area contributed by atoms with E-state index < -0.39 is 0 Å². The molecule has 0 bridgehead atoms. The lowest BCUT2D eigenvalue weighted by Crippen LogP contribution is -2.17. The van der Waals surface area contributed by atoms with Crippen molar-refractivity contribution >= 4 is 17.4 Å². The molecule has 1 aromatic heterocycles. The highest BCUT2D eigenvalue weighted by Crippen LogP contribution is 2.11. The molecular formula is C7H10ClN3. The van der Waals surface area contributed by atoms with Crippen LogP contribution in [0.1, 0.15) is 6.92 Å². The molecule has 0 saturated carbocycles. The van der Waals surface area contributed by atoms with E-state index in [0.717, 1.165) is 12.4 Å². The third kappa shape index (κ3) is 2.05. The van der Waals surface area contributed by atoms with Gasteiger partial charge in [-0.25, -0.2) is 9.97 Å². The summed E-state index contributed by atoms with van der Waals surface area (Å²) >= 11 is 5.67. The van der Waals surface area contributed by atoms with Gasteiger partial charge in [-0.1, -0.05) is 11.6 Å². The third-order valence-corrected chi connectivity index (χ3v) is 1.69. The molecule has 0 spiro atoms. The second-order valence-corrected chi connectivity index (χ2v) is 2.60. The first-order chi connectivity index (χ1) is 5.24. The van der Waals surface area contributed by atoms with Crippen molar-refractivity contribution in [1.82, 2.24) is 9.97 Å². The summed E-state index contributed by atoms with van der Waals surface area (Å²) in [6.07, 6.45) is 1.46. The Morgan fingerprint density at radius 3 is 2.82 bits per heavy atom. The van der Waals surface area contributed by atoms with Crippen LogP contribution in [0.3, 0.4) is 0 Å². The predicted octanol–water partition coefficient (Wildman–Crippen LogP) is 1.59. The fraction of sp³-hybridized carbons (Fsp3) is 0.429. The van der Waals surface area contributed by atoms with E-state index in [1.54, 1.807) is 6.07 Å². The first kappa shape index (κ1) is 8.27. The van der Waals surface area contributed by atoms with E-state index in [4.69, 9.17) is 11.6 Å². The molecule has 0 aliphatic carbocycles. The molecule has 0 atom stereocenters. The van der Waals surface area contributed by atoms with Crippen LogP contribution in [0.2, 0.25) is 5.15 Å². The second-order valence-electron chi connectivity index (χ2n) is 2.21. The van der Waals surface area contributed by atoms with E-state index in [1.165, 1.54) is 6.33 Å². The van der Waals surface area contributed by atoms with Crippen molar-refractivity contribution in [2.24, 2.45) is 0 Å². The summed E-state index contributed by atoms with van der Waals surface area (Å²) in [5.41, 5.74) is 0. The van der Waals surface area contributed by atoms with Crippen LogP contribution in [0.4, 0.5) is 5.82 Å². The number of hydrogen-bond donors (Lipinski definition) is 0. The molecule has 0 N–H and O–H groups in total. The van der Waals surface area contributed by atoms with Crippen LogP contribution < -0.4 is 4.90 Å². The largest absolute Gasteiger partial charge is 0.360 e. The fourth-order valence-corrected chi connectivity index (χ4v) is 0.836. The first-order valence-corrected chi connectivity index (χ1v) is 3.80. The van der Waals surface area contributed by atoms with E-state index in [-0.39, 0.29) is 0 Å². The number of hydrogen-bond acceptors (Lipinski definition) is 3. The quantitative estimate of drug-likeness (QED) is 0.633. The highest BCUT2D eigenvalue weighted by atomic mass is 35.5. The Morgan fingerprint density at radius 1 is 1.55 bits per heavy atom. The minimum Gasteiger partial charge on any atom is -0.360 e. The van der Waals surface area contributed by atoms with Crippen molar-refractivity contribution in [1.29, 1.82) is 0 Å². The maximum Gasteiger partial charge on any atom is 0.134 e. The fourth-order valence-electron chi connectivity index (χ4n) is 0.695. The van der Waals surface area contributed by atoms with Crippen molar-refractivity contribution in [3.05, 3.63) is 17.5 Å². The lowest BCUT2D eigenvalue weighted by atomic mass is 10.5.